The first kappa shape index (κ1) is 26.5. The molecule has 0 saturated heterocycles. The highest BCUT2D eigenvalue weighted by Gasteiger charge is 2.23. The third kappa shape index (κ3) is 7.35. The van der Waals surface area contributed by atoms with Crippen molar-refractivity contribution < 1.29 is 26.4 Å². The zero-order valence-corrected chi connectivity index (χ0v) is 20.5. The molecule has 0 heterocycles. The van der Waals surface area contributed by atoms with Crippen molar-refractivity contribution in [3.63, 3.8) is 0 Å². The van der Waals surface area contributed by atoms with Crippen molar-refractivity contribution in [2.45, 2.75) is 37.0 Å². The minimum absolute atomic E-state index is 0.0449. The van der Waals surface area contributed by atoms with Crippen LogP contribution in [-0.4, -0.2) is 53.1 Å². The first-order chi connectivity index (χ1) is 15.3. The maximum atomic E-state index is 12.5. The van der Waals surface area contributed by atoms with Crippen molar-refractivity contribution in [1.29, 1.82) is 0 Å². The Balaban J connectivity index is 1.80. The third-order valence-electron chi connectivity index (χ3n) is 4.87. The lowest BCUT2D eigenvalue weighted by atomic mass is 10.1. The van der Waals surface area contributed by atoms with Crippen LogP contribution in [0.3, 0.4) is 0 Å². The minimum atomic E-state index is -3.87. The Morgan fingerprint density at radius 2 is 1.39 bits per heavy atom. The lowest BCUT2D eigenvalue weighted by Crippen LogP contribution is -2.47. The quantitative estimate of drug-likeness (QED) is 0.438. The topological polar surface area (TPSA) is 142 Å². The van der Waals surface area contributed by atoms with E-state index in [1.54, 1.807) is 31.2 Å². The Hall–Kier alpha value is -2.80. The smallest absolute Gasteiger partial charge is 0.253 e. The second-order valence-electron chi connectivity index (χ2n) is 7.56. The monoisotopic (exact) mass is 496 g/mol. The molecule has 0 aromatic heterocycles. The molecule has 12 heteroatoms. The second kappa shape index (κ2) is 10.9. The molecule has 0 aliphatic rings. The van der Waals surface area contributed by atoms with E-state index >= 15 is 0 Å². The molecule has 0 aliphatic heterocycles. The maximum Gasteiger partial charge on any atom is 0.253 e. The van der Waals surface area contributed by atoms with Crippen LogP contribution in [0, 0.1) is 20.8 Å². The number of amides is 2. The lowest BCUT2D eigenvalue weighted by Gasteiger charge is -2.17. The summed E-state index contributed by atoms with van der Waals surface area (Å²) in [5.41, 5.74) is 6.93. The summed E-state index contributed by atoms with van der Waals surface area (Å²) < 4.78 is 52.8. The van der Waals surface area contributed by atoms with Crippen LogP contribution in [0.5, 0.6) is 0 Å². The van der Waals surface area contributed by atoms with E-state index in [-0.39, 0.29) is 22.8 Å². The van der Waals surface area contributed by atoms with E-state index in [1.807, 2.05) is 13.8 Å². The van der Waals surface area contributed by atoms with E-state index < -0.39 is 38.4 Å². The van der Waals surface area contributed by atoms with Gasteiger partial charge in [0.05, 0.1) is 16.3 Å². The van der Waals surface area contributed by atoms with Crippen LogP contribution in [0.4, 0.5) is 0 Å². The van der Waals surface area contributed by atoms with Crippen molar-refractivity contribution in [2.24, 2.45) is 0 Å². The van der Waals surface area contributed by atoms with Gasteiger partial charge in [-0.3, -0.25) is 20.4 Å². The van der Waals surface area contributed by atoms with Crippen molar-refractivity contribution in [2.75, 3.05) is 20.1 Å². The van der Waals surface area contributed by atoms with Crippen LogP contribution in [0.1, 0.15) is 23.1 Å². The van der Waals surface area contributed by atoms with Gasteiger partial charge < -0.3 is 0 Å². The SMILES string of the molecule is Cc1ccc(S(=O)(=O)N(C)CC(=O)NNC(=O)CCNS(=O)(=O)c2ccc(C)c(C)c2)cc1. The van der Waals surface area contributed by atoms with Gasteiger partial charge in [0.1, 0.15) is 0 Å². The summed E-state index contributed by atoms with van der Waals surface area (Å²) in [6.45, 7) is 4.79. The number of hydrogen-bond donors (Lipinski definition) is 3. The summed E-state index contributed by atoms with van der Waals surface area (Å²) in [6.07, 6.45) is -0.234. The number of benzene rings is 2. The lowest BCUT2D eigenvalue weighted by molar-refractivity contribution is -0.128. The average molecular weight is 497 g/mol. The van der Waals surface area contributed by atoms with Crippen LogP contribution >= 0.6 is 0 Å². The molecular weight excluding hydrogens is 468 g/mol. The fourth-order valence-corrected chi connectivity index (χ4v) is 4.93. The molecule has 0 radical (unpaired) electrons. The van der Waals surface area contributed by atoms with E-state index in [0.717, 1.165) is 21.0 Å². The van der Waals surface area contributed by atoms with Crippen molar-refractivity contribution >= 4 is 31.9 Å². The Labute approximate surface area is 194 Å². The number of likely N-dealkylation sites (N-methyl/N-ethyl adjacent to an activating group) is 1. The number of rotatable bonds is 9. The van der Waals surface area contributed by atoms with Gasteiger partial charge in [0, 0.05) is 20.0 Å². The number of carbonyl (C=O) groups excluding carboxylic acids is 2. The number of nitrogens with one attached hydrogen (secondary N) is 3. The summed E-state index contributed by atoms with van der Waals surface area (Å²) in [6, 6.07) is 10.9. The molecule has 0 atom stereocenters. The molecule has 180 valence electrons. The predicted octanol–water partition coefficient (Wildman–Crippen LogP) is 0.748. The van der Waals surface area contributed by atoms with Crippen LogP contribution in [0.2, 0.25) is 0 Å². The number of hydrazine groups is 1. The van der Waals surface area contributed by atoms with Crippen molar-refractivity contribution in [3.05, 3.63) is 59.2 Å². The van der Waals surface area contributed by atoms with Crippen LogP contribution < -0.4 is 15.6 Å². The molecule has 33 heavy (non-hydrogen) atoms. The van der Waals surface area contributed by atoms with Crippen LogP contribution in [-0.2, 0) is 29.6 Å². The summed E-state index contributed by atoms with van der Waals surface area (Å²) in [4.78, 5) is 24.1. The van der Waals surface area contributed by atoms with Crippen molar-refractivity contribution in [3.8, 4) is 0 Å². The normalized spacial score (nSPS) is 11.9. The molecule has 0 saturated carbocycles. The highest BCUT2D eigenvalue weighted by atomic mass is 32.2. The molecule has 2 rings (SSSR count). The first-order valence-electron chi connectivity index (χ1n) is 10.0. The van der Waals surface area contributed by atoms with Crippen LogP contribution in [0.15, 0.2) is 52.3 Å². The van der Waals surface area contributed by atoms with E-state index in [0.29, 0.717) is 0 Å². The number of carbonyl (C=O) groups is 2. The number of sulfonamides is 2. The van der Waals surface area contributed by atoms with Gasteiger partial charge in [0.25, 0.3) is 5.91 Å². The predicted molar refractivity (Wildman–Crippen MR) is 123 cm³/mol. The molecule has 2 amide bonds. The molecule has 0 spiro atoms. The molecule has 2 aromatic carbocycles. The van der Waals surface area contributed by atoms with Gasteiger partial charge in [-0.25, -0.2) is 21.6 Å². The highest BCUT2D eigenvalue weighted by molar-refractivity contribution is 7.89. The molecule has 0 bridgehead atoms. The minimum Gasteiger partial charge on any atom is -0.273 e. The van der Waals surface area contributed by atoms with E-state index in [4.69, 9.17) is 0 Å². The zero-order valence-electron chi connectivity index (χ0n) is 18.9. The Morgan fingerprint density at radius 3 is 2.00 bits per heavy atom. The number of aryl methyl sites for hydroxylation is 3. The van der Waals surface area contributed by atoms with E-state index in [1.165, 1.54) is 25.2 Å². The number of nitrogens with zero attached hydrogens (tertiary/aromatic N) is 1. The second-order valence-corrected chi connectivity index (χ2v) is 11.4. The molecule has 10 nitrogen and oxygen atoms in total. The molecular formula is C21H28N4O6S2. The van der Waals surface area contributed by atoms with Gasteiger partial charge in [-0.2, -0.15) is 4.31 Å². The molecule has 0 fully saturated rings. The van der Waals surface area contributed by atoms with Gasteiger partial charge in [-0.1, -0.05) is 23.8 Å². The van der Waals surface area contributed by atoms with Crippen LogP contribution in [0.25, 0.3) is 0 Å². The largest absolute Gasteiger partial charge is 0.273 e. The highest BCUT2D eigenvalue weighted by Crippen LogP contribution is 2.15. The van der Waals surface area contributed by atoms with E-state index in [9.17, 15) is 26.4 Å². The Kier molecular flexibility index (Phi) is 8.72. The summed E-state index contributed by atoms with van der Waals surface area (Å²) in [5.74, 6) is -1.40. The molecule has 3 N–H and O–H groups in total. The average Bonchev–Trinajstić information content (AvgIpc) is 2.74. The zero-order chi connectivity index (χ0) is 24.8. The fraction of sp³-hybridized carbons (Fsp3) is 0.333. The van der Waals surface area contributed by atoms with Gasteiger partial charge in [0.2, 0.25) is 26.0 Å². The molecule has 0 aliphatic carbocycles. The Bertz CT molecular complexity index is 1230. The molecule has 0 unspecified atom stereocenters. The summed E-state index contributed by atoms with van der Waals surface area (Å²) >= 11 is 0. The van der Waals surface area contributed by atoms with Gasteiger partial charge >= 0.3 is 0 Å². The maximum absolute atomic E-state index is 12.5. The standard InChI is InChI=1S/C21H28N4O6S2/c1-15-5-8-18(9-6-15)33(30,31)25(4)14-21(27)24-23-20(26)11-12-22-32(28,29)19-10-7-16(2)17(3)13-19/h5-10,13,22H,11-12,14H2,1-4H3,(H,23,26)(H,24,27). The van der Waals surface area contributed by atoms with Gasteiger partial charge in [0.15, 0.2) is 0 Å². The molecule has 2 aromatic rings. The number of hydrogen-bond acceptors (Lipinski definition) is 6. The van der Waals surface area contributed by atoms with Gasteiger partial charge in [-0.05, 0) is 56.2 Å². The summed E-state index contributed by atoms with van der Waals surface area (Å²) in [5, 5.41) is 0. The Morgan fingerprint density at radius 1 is 0.818 bits per heavy atom. The van der Waals surface area contributed by atoms with Crippen molar-refractivity contribution in [1.82, 2.24) is 19.9 Å². The summed E-state index contributed by atoms with van der Waals surface area (Å²) in [7, 11) is -6.40. The van der Waals surface area contributed by atoms with Gasteiger partial charge in [-0.15, -0.1) is 0 Å². The fourth-order valence-electron chi connectivity index (χ4n) is 2.68. The first-order valence-corrected chi connectivity index (χ1v) is 12.9. The van der Waals surface area contributed by atoms with E-state index in [2.05, 4.69) is 15.6 Å². The third-order valence-corrected chi connectivity index (χ3v) is 8.15.